The van der Waals surface area contributed by atoms with E-state index in [0.717, 1.165) is 54.3 Å². The predicted molar refractivity (Wildman–Crippen MR) is 133 cm³/mol. The number of amides is 1. The van der Waals surface area contributed by atoms with Gasteiger partial charge in [-0.05, 0) is 98.9 Å². The maximum Gasteiger partial charge on any atom is 0.224 e. The van der Waals surface area contributed by atoms with E-state index in [1.807, 2.05) is 19.1 Å². The van der Waals surface area contributed by atoms with E-state index in [0.29, 0.717) is 19.1 Å². The number of hydrogen-bond acceptors (Lipinski definition) is 3. The molecule has 0 radical (unpaired) electrons. The Morgan fingerprint density at radius 2 is 1.81 bits per heavy atom. The van der Waals surface area contributed by atoms with Gasteiger partial charge in [0.2, 0.25) is 5.91 Å². The first-order valence-electron chi connectivity index (χ1n) is 12.5. The van der Waals surface area contributed by atoms with E-state index in [-0.39, 0.29) is 5.91 Å². The van der Waals surface area contributed by atoms with Crippen molar-refractivity contribution in [1.29, 1.82) is 0 Å². The molecule has 0 aliphatic heterocycles. The molecule has 4 heteroatoms. The van der Waals surface area contributed by atoms with E-state index < -0.39 is 0 Å². The molecule has 1 saturated carbocycles. The summed E-state index contributed by atoms with van der Waals surface area (Å²) >= 11 is 0. The molecule has 2 aliphatic rings. The van der Waals surface area contributed by atoms with Crippen LogP contribution in [0, 0.1) is 19.8 Å². The molecule has 1 unspecified atom stereocenters. The first-order valence-corrected chi connectivity index (χ1v) is 12.5. The molecule has 1 fully saturated rings. The highest BCUT2D eigenvalue weighted by Gasteiger charge is 2.25. The Labute approximate surface area is 193 Å². The maximum absolute atomic E-state index is 12.7. The monoisotopic (exact) mass is 434 g/mol. The first-order chi connectivity index (χ1) is 15.5. The lowest BCUT2D eigenvalue weighted by Crippen LogP contribution is -2.21. The second-order valence-electron chi connectivity index (χ2n) is 9.55. The van der Waals surface area contributed by atoms with Crippen LogP contribution in [0.2, 0.25) is 0 Å². The molecule has 0 aromatic heterocycles. The van der Waals surface area contributed by atoms with Crippen LogP contribution >= 0.6 is 0 Å². The lowest BCUT2D eigenvalue weighted by atomic mass is 9.83. The third-order valence-corrected chi connectivity index (χ3v) is 7.26. The van der Waals surface area contributed by atoms with Gasteiger partial charge in [0.15, 0.2) is 0 Å². The first kappa shape index (κ1) is 22.7. The molecule has 2 N–H and O–H groups in total. The Kier molecular flexibility index (Phi) is 7.39. The predicted octanol–water partition coefficient (Wildman–Crippen LogP) is 7.10. The van der Waals surface area contributed by atoms with Crippen molar-refractivity contribution >= 4 is 17.3 Å². The summed E-state index contributed by atoms with van der Waals surface area (Å²) in [5.74, 6) is 1.82. The lowest BCUT2D eigenvalue weighted by Gasteiger charge is -2.30. The molecule has 2 aromatic rings. The van der Waals surface area contributed by atoms with Crippen LogP contribution in [-0.4, -0.2) is 12.5 Å². The number of ether oxygens (including phenoxy) is 1. The largest absolute Gasteiger partial charge is 0.494 e. The zero-order valence-corrected chi connectivity index (χ0v) is 19.9. The van der Waals surface area contributed by atoms with Crippen molar-refractivity contribution in [2.75, 3.05) is 17.2 Å². The van der Waals surface area contributed by atoms with Crippen molar-refractivity contribution in [1.82, 2.24) is 0 Å². The topological polar surface area (TPSA) is 50.4 Å². The zero-order chi connectivity index (χ0) is 22.5. The molecule has 1 atom stereocenters. The summed E-state index contributed by atoms with van der Waals surface area (Å²) in [5.41, 5.74) is 7.33. The molecule has 0 saturated heterocycles. The van der Waals surface area contributed by atoms with Crippen LogP contribution in [0.5, 0.6) is 5.75 Å². The van der Waals surface area contributed by atoms with Gasteiger partial charge in [-0.1, -0.05) is 31.7 Å². The second-order valence-corrected chi connectivity index (χ2v) is 9.55. The third kappa shape index (κ3) is 5.28. The Balaban J connectivity index is 1.46. The van der Waals surface area contributed by atoms with Crippen molar-refractivity contribution in [3.63, 3.8) is 0 Å². The van der Waals surface area contributed by atoms with Crippen LogP contribution in [0.3, 0.4) is 0 Å². The Morgan fingerprint density at radius 3 is 2.53 bits per heavy atom. The number of fused-ring (bicyclic) bond motifs is 1. The molecule has 0 bridgehead atoms. The zero-order valence-electron chi connectivity index (χ0n) is 19.9. The number of carbonyl (C=O) groups is 1. The van der Waals surface area contributed by atoms with Gasteiger partial charge in [0.1, 0.15) is 5.75 Å². The normalized spacial score (nSPS) is 18.3. The molecule has 2 aromatic carbocycles. The molecule has 172 valence electrons. The Hall–Kier alpha value is -2.49. The number of benzene rings is 2. The third-order valence-electron chi connectivity index (χ3n) is 7.26. The summed E-state index contributed by atoms with van der Waals surface area (Å²) < 4.78 is 5.57. The van der Waals surface area contributed by atoms with Crippen molar-refractivity contribution in [3.8, 4) is 5.75 Å². The van der Waals surface area contributed by atoms with Gasteiger partial charge >= 0.3 is 0 Å². The van der Waals surface area contributed by atoms with Crippen molar-refractivity contribution in [3.05, 3.63) is 52.6 Å². The van der Waals surface area contributed by atoms with E-state index in [1.54, 1.807) is 0 Å². The van der Waals surface area contributed by atoms with Crippen LogP contribution < -0.4 is 15.4 Å². The number of hydrogen-bond donors (Lipinski definition) is 2. The van der Waals surface area contributed by atoms with Crippen molar-refractivity contribution in [2.45, 2.75) is 84.6 Å². The van der Waals surface area contributed by atoms with Gasteiger partial charge in [0.05, 0.1) is 12.6 Å². The fraction of sp³-hybridized carbons (Fsp3) is 0.536. The van der Waals surface area contributed by atoms with Crippen LogP contribution in [0.4, 0.5) is 11.4 Å². The SMILES string of the molecule is CCOc1ccc(NC2CCCc3c2cc(C)c(NC(=O)CCC2CCCC2)c3C)cc1. The molecular weight excluding hydrogens is 396 g/mol. The van der Waals surface area contributed by atoms with E-state index in [2.05, 4.69) is 42.7 Å². The molecule has 4 nitrogen and oxygen atoms in total. The minimum atomic E-state index is 0.169. The van der Waals surface area contributed by atoms with Crippen LogP contribution in [0.25, 0.3) is 0 Å². The van der Waals surface area contributed by atoms with E-state index in [1.165, 1.54) is 42.4 Å². The molecule has 1 amide bonds. The lowest BCUT2D eigenvalue weighted by molar-refractivity contribution is -0.116. The van der Waals surface area contributed by atoms with E-state index in [9.17, 15) is 4.79 Å². The van der Waals surface area contributed by atoms with Gasteiger partial charge in [-0.3, -0.25) is 4.79 Å². The van der Waals surface area contributed by atoms with Crippen LogP contribution in [0.1, 0.15) is 86.6 Å². The van der Waals surface area contributed by atoms with Crippen LogP contribution in [0.15, 0.2) is 30.3 Å². The highest BCUT2D eigenvalue weighted by Crippen LogP contribution is 2.39. The molecule has 4 rings (SSSR count). The maximum atomic E-state index is 12.7. The summed E-state index contributed by atoms with van der Waals surface area (Å²) in [7, 11) is 0. The number of aryl methyl sites for hydroxylation is 1. The van der Waals surface area contributed by atoms with Crippen molar-refractivity contribution < 1.29 is 9.53 Å². The summed E-state index contributed by atoms with van der Waals surface area (Å²) in [6.45, 7) is 6.99. The fourth-order valence-corrected chi connectivity index (χ4v) is 5.53. The van der Waals surface area contributed by atoms with E-state index >= 15 is 0 Å². The molecular formula is C28H38N2O2. The highest BCUT2D eigenvalue weighted by atomic mass is 16.5. The fourth-order valence-electron chi connectivity index (χ4n) is 5.53. The van der Waals surface area contributed by atoms with Crippen LogP contribution in [-0.2, 0) is 11.2 Å². The standard InChI is InChI=1S/C28H38N2O2/c1-4-32-23-15-13-22(14-16-23)29-26-11-7-10-24-20(3)28(19(2)18-25(24)26)30-27(31)17-12-21-8-5-6-9-21/h13-16,18,21,26,29H,4-12,17H2,1-3H3,(H,30,31). The van der Waals surface area contributed by atoms with Gasteiger partial charge in [-0.25, -0.2) is 0 Å². The summed E-state index contributed by atoms with van der Waals surface area (Å²) in [6, 6.07) is 10.8. The summed E-state index contributed by atoms with van der Waals surface area (Å²) in [5, 5.41) is 6.99. The number of carbonyl (C=O) groups excluding carboxylic acids is 1. The highest BCUT2D eigenvalue weighted by molar-refractivity contribution is 5.92. The minimum Gasteiger partial charge on any atom is -0.494 e. The molecule has 0 spiro atoms. The molecule has 0 heterocycles. The Bertz CT molecular complexity index is 929. The van der Waals surface area contributed by atoms with Gasteiger partial charge in [-0.15, -0.1) is 0 Å². The van der Waals surface area contributed by atoms with Gasteiger partial charge in [0, 0.05) is 17.8 Å². The summed E-state index contributed by atoms with van der Waals surface area (Å²) in [6.07, 6.45) is 10.3. The average molecular weight is 435 g/mol. The molecule has 2 aliphatic carbocycles. The summed E-state index contributed by atoms with van der Waals surface area (Å²) in [4.78, 5) is 12.7. The van der Waals surface area contributed by atoms with Gasteiger partial charge in [0.25, 0.3) is 0 Å². The quantitative estimate of drug-likeness (QED) is 0.466. The van der Waals surface area contributed by atoms with Gasteiger partial charge in [-0.2, -0.15) is 0 Å². The van der Waals surface area contributed by atoms with Gasteiger partial charge < -0.3 is 15.4 Å². The smallest absolute Gasteiger partial charge is 0.224 e. The minimum absolute atomic E-state index is 0.169. The Morgan fingerprint density at radius 1 is 1.06 bits per heavy atom. The number of nitrogens with one attached hydrogen (secondary N) is 2. The average Bonchev–Trinajstić information content (AvgIpc) is 3.31. The van der Waals surface area contributed by atoms with E-state index in [4.69, 9.17) is 4.74 Å². The second kappa shape index (κ2) is 10.4. The van der Waals surface area contributed by atoms with Crippen molar-refractivity contribution in [2.24, 2.45) is 5.92 Å². The molecule has 32 heavy (non-hydrogen) atoms. The number of rotatable bonds is 8. The number of anilines is 2.